The number of fused-ring (bicyclic) bond motifs is 1. The Labute approximate surface area is 117 Å². The molecule has 0 atom stereocenters. The predicted molar refractivity (Wildman–Crippen MR) is 75.8 cm³/mol. The third-order valence-corrected chi connectivity index (χ3v) is 4.13. The summed E-state index contributed by atoms with van der Waals surface area (Å²) in [6.45, 7) is 1.65. The van der Waals surface area contributed by atoms with Crippen LogP contribution in [0.5, 0.6) is 5.75 Å². The zero-order valence-corrected chi connectivity index (χ0v) is 11.4. The summed E-state index contributed by atoms with van der Waals surface area (Å²) in [4.78, 5) is 0. The molecule has 5 nitrogen and oxygen atoms in total. The van der Waals surface area contributed by atoms with Crippen molar-refractivity contribution < 1.29 is 4.74 Å². The molecule has 1 saturated carbocycles. The minimum atomic E-state index is 0.582. The van der Waals surface area contributed by atoms with Crippen LogP contribution in [-0.2, 0) is 19.4 Å². The smallest absolute Gasteiger partial charge is 0.169 e. The van der Waals surface area contributed by atoms with E-state index >= 15 is 0 Å². The number of nitrogens with zero attached hydrogens (tertiary/aromatic N) is 3. The van der Waals surface area contributed by atoms with Gasteiger partial charge in [-0.1, -0.05) is 17.3 Å². The lowest BCUT2D eigenvalue weighted by molar-refractivity contribution is 0.357. The second-order valence-electron chi connectivity index (χ2n) is 5.65. The van der Waals surface area contributed by atoms with Gasteiger partial charge in [-0.3, -0.25) is 0 Å². The van der Waals surface area contributed by atoms with Gasteiger partial charge in [0.25, 0.3) is 0 Å². The Morgan fingerprint density at radius 3 is 3.10 bits per heavy atom. The Morgan fingerprint density at radius 1 is 1.35 bits per heavy atom. The zero-order chi connectivity index (χ0) is 13.5. The first-order valence-electron chi connectivity index (χ1n) is 7.25. The normalized spacial score (nSPS) is 17.0. The summed E-state index contributed by atoms with van der Waals surface area (Å²) >= 11 is 0. The summed E-state index contributed by atoms with van der Waals surface area (Å²) in [6, 6.07) is 6.47. The highest BCUT2D eigenvalue weighted by molar-refractivity contribution is 5.40. The zero-order valence-electron chi connectivity index (χ0n) is 11.4. The van der Waals surface area contributed by atoms with Crippen molar-refractivity contribution in [3.63, 3.8) is 0 Å². The predicted octanol–water partition coefficient (Wildman–Crippen LogP) is 1.92. The number of ether oxygens (including phenoxy) is 1. The number of nitrogens with two attached hydrogens (primary N) is 1. The Bertz CT molecular complexity index is 645. The van der Waals surface area contributed by atoms with Gasteiger partial charge in [0.2, 0.25) is 0 Å². The van der Waals surface area contributed by atoms with Crippen molar-refractivity contribution in [1.82, 2.24) is 15.0 Å². The minimum absolute atomic E-state index is 0.582. The largest absolute Gasteiger partial charge is 0.493 e. The number of hydrogen-bond donors (Lipinski definition) is 1. The van der Waals surface area contributed by atoms with Gasteiger partial charge >= 0.3 is 0 Å². The number of aryl methyl sites for hydroxylation is 2. The van der Waals surface area contributed by atoms with Crippen LogP contribution in [0.15, 0.2) is 18.2 Å². The standard InChI is InChI=1S/C15H18N4O/c16-15-14(11-2-3-11)19(18-17-15)7-5-10-1-4-13-12(9-10)6-8-20-13/h1,4,9,11H,2-3,5-8,16H2. The molecule has 0 spiro atoms. The van der Waals surface area contributed by atoms with Crippen LogP contribution in [0.1, 0.15) is 35.6 Å². The van der Waals surface area contributed by atoms with Gasteiger partial charge in [0.15, 0.2) is 5.82 Å². The lowest BCUT2D eigenvalue weighted by atomic mass is 10.1. The molecule has 0 unspecified atom stereocenters. The first kappa shape index (κ1) is 11.8. The van der Waals surface area contributed by atoms with Gasteiger partial charge in [0.05, 0.1) is 12.3 Å². The molecule has 0 bridgehead atoms. The summed E-state index contributed by atoms with van der Waals surface area (Å²) in [5, 5.41) is 8.20. The van der Waals surface area contributed by atoms with Crippen LogP contribution in [0.4, 0.5) is 5.82 Å². The molecule has 104 valence electrons. The molecule has 0 radical (unpaired) electrons. The van der Waals surface area contributed by atoms with Crippen LogP contribution in [0, 0.1) is 0 Å². The first-order valence-corrected chi connectivity index (χ1v) is 7.25. The van der Waals surface area contributed by atoms with Gasteiger partial charge in [-0.05, 0) is 36.5 Å². The topological polar surface area (TPSA) is 66.0 Å². The van der Waals surface area contributed by atoms with E-state index in [1.807, 2.05) is 4.68 Å². The average molecular weight is 270 g/mol. The molecule has 20 heavy (non-hydrogen) atoms. The van der Waals surface area contributed by atoms with E-state index in [4.69, 9.17) is 10.5 Å². The van der Waals surface area contributed by atoms with Gasteiger partial charge in [0, 0.05) is 18.9 Å². The van der Waals surface area contributed by atoms with Gasteiger partial charge in [-0.15, -0.1) is 5.10 Å². The summed E-state index contributed by atoms with van der Waals surface area (Å²) in [5.74, 6) is 2.23. The number of anilines is 1. The highest BCUT2D eigenvalue weighted by Crippen LogP contribution is 2.41. The van der Waals surface area contributed by atoms with Crippen LogP contribution < -0.4 is 10.5 Å². The molecule has 0 saturated heterocycles. The number of nitrogen functional groups attached to an aromatic ring is 1. The van der Waals surface area contributed by atoms with Crippen molar-refractivity contribution in [2.45, 2.75) is 38.1 Å². The molecule has 2 N–H and O–H groups in total. The van der Waals surface area contributed by atoms with Gasteiger partial charge in [-0.2, -0.15) is 0 Å². The fraction of sp³-hybridized carbons (Fsp3) is 0.467. The molecule has 2 aliphatic rings. The summed E-state index contributed by atoms with van der Waals surface area (Å²) in [5.41, 5.74) is 9.69. The molecule has 1 aliphatic heterocycles. The molecule has 1 aromatic heterocycles. The van der Waals surface area contributed by atoms with Crippen LogP contribution in [0.3, 0.4) is 0 Å². The van der Waals surface area contributed by atoms with Crippen molar-refractivity contribution in [2.24, 2.45) is 0 Å². The van der Waals surface area contributed by atoms with Gasteiger partial charge in [0.1, 0.15) is 5.75 Å². The monoisotopic (exact) mass is 270 g/mol. The highest BCUT2D eigenvalue weighted by Gasteiger charge is 2.30. The van der Waals surface area contributed by atoms with Crippen molar-refractivity contribution >= 4 is 5.82 Å². The first-order chi connectivity index (χ1) is 9.81. The fourth-order valence-electron chi connectivity index (χ4n) is 2.91. The summed E-state index contributed by atoms with van der Waals surface area (Å²) in [6.07, 6.45) is 4.41. The fourth-order valence-corrected chi connectivity index (χ4v) is 2.91. The minimum Gasteiger partial charge on any atom is -0.493 e. The van der Waals surface area contributed by atoms with E-state index in [0.29, 0.717) is 11.7 Å². The molecule has 4 rings (SSSR count). The highest BCUT2D eigenvalue weighted by atomic mass is 16.5. The number of benzene rings is 1. The number of rotatable bonds is 4. The second-order valence-corrected chi connectivity index (χ2v) is 5.65. The second kappa shape index (κ2) is 4.51. The molecule has 2 heterocycles. The molecule has 0 amide bonds. The quantitative estimate of drug-likeness (QED) is 0.921. The van der Waals surface area contributed by atoms with E-state index in [1.165, 1.54) is 24.0 Å². The van der Waals surface area contributed by atoms with E-state index in [9.17, 15) is 0 Å². The van der Waals surface area contributed by atoms with Crippen molar-refractivity contribution in [2.75, 3.05) is 12.3 Å². The summed E-state index contributed by atoms with van der Waals surface area (Å²) in [7, 11) is 0. The Morgan fingerprint density at radius 2 is 2.25 bits per heavy atom. The van der Waals surface area contributed by atoms with Crippen molar-refractivity contribution in [3.05, 3.63) is 35.0 Å². The SMILES string of the molecule is Nc1nnn(CCc2ccc3c(c2)CCO3)c1C1CC1. The molecule has 1 fully saturated rings. The maximum absolute atomic E-state index is 5.91. The molecule has 2 aromatic rings. The van der Waals surface area contributed by atoms with E-state index in [2.05, 4.69) is 28.5 Å². The summed E-state index contributed by atoms with van der Waals surface area (Å²) < 4.78 is 7.52. The maximum Gasteiger partial charge on any atom is 0.169 e. The number of aromatic nitrogens is 3. The average Bonchev–Trinajstić information content (AvgIpc) is 3.06. The Balaban J connectivity index is 1.50. The van der Waals surface area contributed by atoms with Crippen LogP contribution in [-0.4, -0.2) is 21.6 Å². The van der Waals surface area contributed by atoms with Crippen LogP contribution in [0.25, 0.3) is 0 Å². The van der Waals surface area contributed by atoms with Gasteiger partial charge in [-0.25, -0.2) is 4.68 Å². The van der Waals surface area contributed by atoms with Crippen molar-refractivity contribution in [3.8, 4) is 5.75 Å². The van der Waals surface area contributed by atoms with E-state index < -0.39 is 0 Å². The molecule has 5 heteroatoms. The third-order valence-electron chi connectivity index (χ3n) is 4.13. The van der Waals surface area contributed by atoms with E-state index in [1.54, 1.807) is 0 Å². The van der Waals surface area contributed by atoms with Gasteiger partial charge < -0.3 is 10.5 Å². The number of hydrogen-bond acceptors (Lipinski definition) is 4. The maximum atomic E-state index is 5.91. The lowest BCUT2D eigenvalue weighted by Crippen LogP contribution is -2.08. The molecular formula is C15H18N4O. The van der Waals surface area contributed by atoms with E-state index in [0.717, 1.165) is 37.4 Å². The van der Waals surface area contributed by atoms with Crippen molar-refractivity contribution in [1.29, 1.82) is 0 Å². The third kappa shape index (κ3) is 2.03. The van der Waals surface area contributed by atoms with Crippen LogP contribution >= 0.6 is 0 Å². The molecule has 1 aliphatic carbocycles. The Hall–Kier alpha value is -2.04. The Kier molecular flexibility index (Phi) is 2.65. The molecule has 1 aromatic carbocycles. The van der Waals surface area contributed by atoms with E-state index in [-0.39, 0.29) is 0 Å². The lowest BCUT2D eigenvalue weighted by Gasteiger charge is -2.07. The molecular weight excluding hydrogens is 252 g/mol. The van der Waals surface area contributed by atoms with Crippen LogP contribution in [0.2, 0.25) is 0 Å².